The van der Waals surface area contributed by atoms with E-state index in [-0.39, 0.29) is 24.2 Å². The van der Waals surface area contributed by atoms with E-state index in [1.54, 1.807) is 24.0 Å². The summed E-state index contributed by atoms with van der Waals surface area (Å²) < 4.78 is 6.65. The zero-order valence-corrected chi connectivity index (χ0v) is 17.5. The van der Waals surface area contributed by atoms with Gasteiger partial charge in [0.25, 0.3) is 0 Å². The van der Waals surface area contributed by atoms with Gasteiger partial charge in [0.2, 0.25) is 5.91 Å². The Morgan fingerprint density at radius 3 is 2.64 bits per heavy atom. The number of nitrogens with zero attached hydrogens (tertiary/aromatic N) is 2. The van der Waals surface area contributed by atoms with E-state index in [4.69, 9.17) is 16.3 Å². The highest BCUT2D eigenvalue weighted by molar-refractivity contribution is 6.30. The molecule has 1 aliphatic rings. The summed E-state index contributed by atoms with van der Waals surface area (Å²) in [4.78, 5) is 25.0. The normalized spacial score (nSPS) is 15.8. The number of halogens is 1. The number of esters is 1. The molecule has 150 valence electrons. The zero-order valence-electron chi connectivity index (χ0n) is 16.7. The number of methoxy groups -OCH3 is 1. The topological polar surface area (TPSA) is 73.2 Å². The van der Waals surface area contributed by atoms with Gasteiger partial charge in [0.15, 0.2) is 0 Å². The highest BCUT2D eigenvalue weighted by Gasteiger charge is 2.49. The Morgan fingerprint density at radius 1 is 1.39 bits per heavy atom. The van der Waals surface area contributed by atoms with Crippen LogP contribution in [0.5, 0.6) is 0 Å². The van der Waals surface area contributed by atoms with E-state index in [0.29, 0.717) is 5.02 Å². The van der Waals surface area contributed by atoms with Gasteiger partial charge >= 0.3 is 5.97 Å². The lowest BCUT2D eigenvalue weighted by Gasteiger charge is -2.28. The predicted octanol–water partition coefficient (Wildman–Crippen LogP) is 3.40. The highest BCUT2D eigenvalue weighted by atomic mass is 35.5. The lowest BCUT2D eigenvalue weighted by atomic mass is 9.93. The summed E-state index contributed by atoms with van der Waals surface area (Å²) in [5.41, 5.74) is 3.00. The van der Waals surface area contributed by atoms with Crippen LogP contribution in [0, 0.1) is 12.8 Å². The van der Waals surface area contributed by atoms with Crippen molar-refractivity contribution in [2.24, 2.45) is 5.92 Å². The minimum absolute atomic E-state index is 0.141. The van der Waals surface area contributed by atoms with Gasteiger partial charge in [0.1, 0.15) is 5.54 Å². The van der Waals surface area contributed by atoms with E-state index in [1.165, 1.54) is 7.11 Å². The maximum absolute atomic E-state index is 12.8. The Kier molecular flexibility index (Phi) is 5.79. The first-order chi connectivity index (χ1) is 13.3. The third kappa shape index (κ3) is 4.07. The molecule has 1 saturated carbocycles. The number of hydrogen-bond donors (Lipinski definition) is 1. The Morgan fingerprint density at radius 2 is 2.11 bits per heavy atom. The van der Waals surface area contributed by atoms with Crippen molar-refractivity contribution in [2.45, 2.75) is 52.0 Å². The van der Waals surface area contributed by atoms with Gasteiger partial charge in [-0.15, -0.1) is 0 Å². The summed E-state index contributed by atoms with van der Waals surface area (Å²) in [6.07, 6.45) is 6.19. The Hall–Kier alpha value is -2.34. The summed E-state index contributed by atoms with van der Waals surface area (Å²) >= 11 is 5.98. The standard InChI is InChI=1S/C21H26ClN3O3/c1-5-14-9-17(25-12-16(22)11-23-25)8-13(2)18(14)10-19(26)24-21(3,15-6-7-15)20(27)28-4/h8-9,11-12,15H,5-7,10H2,1-4H3,(H,24,26). The summed E-state index contributed by atoms with van der Waals surface area (Å²) in [7, 11) is 1.36. The summed E-state index contributed by atoms with van der Waals surface area (Å²) in [5, 5.41) is 7.76. The van der Waals surface area contributed by atoms with Gasteiger partial charge in [-0.25, -0.2) is 9.48 Å². The van der Waals surface area contributed by atoms with Gasteiger partial charge in [-0.05, 0) is 67.9 Å². The second-order valence-corrected chi connectivity index (χ2v) is 7.99. The molecule has 6 nitrogen and oxygen atoms in total. The van der Waals surface area contributed by atoms with Crippen molar-refractivity contribution in [1.29, 1.82) is 0 Å². The van der Waals surface area contributed by atoms with Crippen molar-refractivity contribution in [3.05, 3.63) is 46.2 Å². The maximum atomic E-state index is 12.8. The molecule has 0 aliphatic heterocycles. The predicted molar refractivity (Wildman–Crippen MR) is 108 cm³/mol. The first kappa shape index (κ1) is 20.4. The molecule has 1 atom stereocenters. The van der Waals surface area contributed by atoms with Crippen molar-refractivity contribution in [1.82, 2.24) is 15.1 Å². The van der Waals surface area contributed by atoms with E-state index in [1.807, 2.05) is 19.1 Å². The van der Waals surface area contributed by atoms with Crippen molar-refractivity contribution in [2.75, 3.05) is 7.11 Å². The van der Waals surface area contributed by atoms with Gasteiger partial charge < -0.3 is 10.1 Å². The van der Waals surface area contributed by atoms with Gasteiger partial charge in [0, 0.05) is 6.20 Å². The average molecular weight is 404 g/mol. The van der Waals surface area contributed by atoms with Crippen LogP contribution >= 0.6 is 11.6 Å². The fourth-order valence-electron chi connectivity index (χ4n) is 3.70. The zero-order chi connectivity index (χ0) is 20.5. The van der Waals surface area contributed by atoms with E-state index in [0.717, 1.165) is 41.6 Å². The van der Waals surface area contributed by atoms with Gasteiger partial charge in [-0.1, -0.05) is 18.5 Å². The van der Waals surface area contributed by atoms with Gasteiger partial charge in [0.05, 0.1) is 30.4 Å². The van der Waals surface area contributed by atoms with E-state index >= 15 is 0 Å². The molecule has 0 spiro atoms. The molecule has 0 saturated heterocycles. The third-order valence-corrected chi connectivity index (χ3v) is 5.68. The molecule has 2 aromatic rings. The van der Waals surface area contributed by atoms with Crippen LogP contribution in [0.2, 0.25) is 5.02 Å². The number of rotatable bonds is 7. The van der Waals surface area contributed by atoms with E-state index in [9.17, 15) is 9.59 Å². The smallest absolute Gasteiger partial charge is 0.331 e. The molecule has 1 N–H and O–H groups in total. The van der Waals surface area contributed by atoms with Crippen molar-refractivity contribution >= 4 is 23.5 Å². The molecule has 0 radical (unpaired) electrons. The molecule has 1 amide bonds. The molecule has 1 unspecified atom stereocenters. The number of benzene rings is 1. The monoisotopic (exact) mass is 403 g/mol. The molecule has 1 aromatic heterocycles. The van der Waals surface area contributed by atoms with Crippen LogP contribution in [0.4, 0.5) is 0 Å². The Labute approximate surface area is 170 Å². The van der Waals surface area contributed by atoms with Gasteiger partial charge in [-0.2, -0.15) is 5.10 Å². The van der Waals surface area contributed by atoms with Crippen molar-refractivity contribution < 1.29 is 14.3 Å². The molecular weight excluding hydrogens is 378 g/mol. The van der Waals surface area contributed by atoms with Gasteiger partial charge in [-0.3, -0.25) is 4.79 Å². The number of carbonyl (C=O) groups is 2. The number of nitrogens with one attached hydrogen (secondary N) is 1. The number of hydrogen-bond acceptors (Lipinski definition) is 4. The molecule has 1 heterocycles. The van der Waals surface area contributed by atoms with E-state index in [2.05, 4.69) is 17.3 Å². The summed E-state index contributed by atoms with van der Waals surface area (Å²) in [5.74, 6) is -0.420. The maximum Gasteiger partial charge on any atom is 0.331 e. The van der Waals surface area contributed by atoms with Crippen LogP contribution in [0.15, 0.2) is 24.5 Å². The number of aromatic nitrogens is 2. The molecule has 7 heteroatoms. The number of ether oxygens (including phenoxy) is 1. The molecule has 1 aliphatic carbocycles. The first-order valence-corrected chi connectivity index (χ1v) is 9.88. The van der Waals surface area contributed by atoms with Crippen LogP contribution in [0.25, 0.3) is 5.69 Å². The minimum atomic E-state index is -0.960. The minimum Gasteiger partial charge on any atom is -0.467 e. The van der Waals surface area contributed by atoms with Crippen LogP contribution in [0.3, 0.4) is 0 Å². The number of aryl methyl sites for hydroxylation is 2. The molecular formula is C21H26ClN3O3. The largest absolute Gasteiger partial charge is 0.467 e. The van der Waals surface area contributed by atoms with Crippen LogP contribution < -0.4 is 5.32 Å². The van der Waals surface area contributed by atoms with Crippen LogP contribution in [0.1, 0.15) is 43.4 Å². The quantitative estimate of drug-likeness (QED) is 0.719. The fourth-order valence-corrected chi connectivity index (χ4v) is 3.84. The Balaban J connectivity index is 1.83. The lowest BCUT2D eigenvalue weighted by Crippen LogP contribution is -2.55. The van der Waals surface area contributed by atoms with Crippen molar-refractivity contribution in [3.8, 4) is 5.69 Å². The second-order valence-electron chi connectivity index (χ2n) is 7.55. The Bertz CT molecular complexity index is 904. The van der Waals surface area contributed by atoms with E-state index < -0.39 is 5.54 Å². The molecule has 1 aromatic carbocycles. The SMILES string of the molecule is CCc1cc(-n2cc(Cl)cn2)cc(C)c1CC(=O)NC(C)(C(=O)OC)C1CC1. The number of carbonyl (C=O) groups excluding carboxylic acids is 2. The van der Waals surface area contributed by atoms with Crippen molar-refractivity contribution in [3.63, 3.8) is 0 Å². The fraction of sp³-hybridized carbons (Fsp3) is 0.476. The first-order valence-electron chi connectivity index (χ1n) is 9.50. The number of amides is 1. The summed E-state index contributed by atoms with van der Waals surface area (Å²) in [6.45, 7) is 5.79. The molecule has 3 rings (SSSR count). The second kappa shape index (κ2) is 7.95. The third-order valence-electron chi connectivity index (χ3n) is 5.49. The van der Waals surface area contributed by atoms with Crippen LogP contribution in [-0.2, 0) is 27.2 Å². The summed E-state index contributed by atoms with van der Waals surface area (Å²) in [6, 6.07) is 4.02. The highest BCUT2D eigenvalue weighted by Crippen LogP contribution is 2.40. The van der Waals surface area contributed by atoms with Crippen LogP contribution in [-0.4, -0.2) is 34.3 Å². The molecule has 28 heavy (non-hydrogen) atoms. The molecule has 0 bridgehead atoms. The lowest BCUT2D eigenvalue weighted by molar-refractivity contribution is -0.151. The average Bonchev–Trinajstić information content (AvgIpc) is 3.44. The molecule has 1 fully saturated rings.